The lowest BCUT2D eigenvalue weighted by Gasteiger charge is -2.09. The molecular weight excluding hydrogens is 207 g/mol. The van der Waals surface area contributed by atoms with Crippen molar-refractivity contribution in [3.05, 3.63) is 34.4 Å². The van der Waals surface area contributed by atoms with E-state index in [-0.39, 0.29) is 11.4 Å². The summed E-state index contributed by atoms with van der Waals surface area (Å²) < 4.78 is 10.9. The van der Waals surface area contributed by atoms with Crippen LogP contribution in [-0.4, -0.2) is 4.92 Å². The summed E-state index contributed by atoms with van der Waals surface area (Å²) in [5.74, 6) is 0. The lowest BCUT2D eigenvalue weighted by molar-refractivity contribution is -0.384. The summed E-state index contributed by atoms with van der Waals surface area (Å²) in [5, 5.41) is 12.6. The third-order valence-corrected chi connectivity index (χ3v) is 1.97. The van der Waals surface area contributed by atoms with Crippen LogP contribution in [0.5, 0.6) is 0 Å². The van der Waals surface area contributed by atoms with E-state index < -0.39 is 12.5 Å². The quantitative estimate of drug-likeness (QED) is 0.393. The largest absolute Gasteiger partial charge is 0.313 e. The number of non-ortho nitro benzene ring substituents is 1. The zero-order chi connectivity index (χ0) is 10.8. The number of nitro groups is 1. The number of nitro benzene ring substituents is 1. The minimum Gasteiger partial charge on any atom is -0.313 e. The number of nitrogens with two attached hydrogens (primary N) is 2. The molecule has 0 aliphatic heterocycles. The van der Waals surface area contributed by atoms with Crippen LogP contribution in [0, 0.1) is 10.1 Å². The fourth-order valence-corrected chi connectivity index (χ4v) is 1.43. The Labute approximate surface area is 79.8 Å². The standard InChI is InChI=1S/C6H9N4O3P/c7-14(8,13)9-5-2-1-3-6(4-5)10(11)12/h1-4H,(H5,7,8,9,13). The van der Waals surface area contributed by atoms with Crippen LogP contribution in [0.1, 0.15) is 0 Å². The first kappa shape index (κ1) is 10.6. The Morgan fingerprint density at radius 1 is 1.43 bits per heavy atom. The average Bonchev–Trinajstić information content (AvgIpc) is 2.01. The first-order chi connectivity index (χ1) is 6.38. The molecule has 7 nitrogen and oxygen atoms in total. The summed E-state index contributed by atoms with van der Waals surface area (Å²) in [6.07, 6.45) is 0. The van der Waals surface area contributed by atoms with Gasteiger partial charge in [0.15, 0.2) is 0 Å². The molecular formula is C6H9N4O3P. The molecule has 0 aliphatic carbocycles. The highest BCUT2D eigenvalue weighted by Gasteiger charge is 2.10. The van der Waals surface area contributed by atoms with Crippen molar-refractivity contribution in [3.8, 4) is 0 Å². The van der Waals surface area contributed by atoms with E-state index in [9.17, 15) is 14.7 Å². The van der Waals surface area contributed by atoms with Crippen LogP contribution >= 0.6 is 7.59 Å². The van der Waals surface area contributed by atoms with Crippen LogP contribution in [0.4, 0.5) is 11.4 Å². The fourth-order valence-electron chi connectivity index (χ4n) is 0.891. The van der Waals surface area contributed by atoms with Gasteiger partial charge < -0.3 is 5.09 Å². The molecule has 0 heterocycles. The number of nitrogens with zero attached hydrogens (tertiary/aromatic N) is 1. The monoisotopic (exact) mass is 216 g/mol. The minimum atomic E-state index is -3.41. The van der Waals surface area contributed by atoms with Crippen LogP contribution in [-0.2, 0) is 4.57 Å². The van der Waals surface area contributed by atoms with Crippen LogP contribution < -0.4 is 16.1 Å². The van der Waals surface area contributed by atoms with Crippen LogP contribution in [0.15, 0.2) is 24.3 Å². The molecule has 0 spiro atoms. The lowest BCUT2D eigenvalue weighted by atomic mass is 10.3. The summed E-state index contributed by atoms with van der Waals surface area (Å²) in [5.41, 5.74) is 10.2. The van der Waals surface area contributed by atoms with Gasteiger partial charge in [0, 0.05) is 17.8 Å². The van der Waals surface area contributed by atoms with Crippen LogP contribution in [0.25, 0.3) is 0 Å². The van der Waals surface area contributed by atoms with Gasteiger partial charge in [-0.1, -0.05) is 6.07 Å². The molecule has 8 heteroatoms. The third kappa shape index (κ3) is 3.14. The van der Waals surface area contributed by atoms with E-state index in [1.54, 1.807) is 0 Å². The maximum absolute atomic E-state index is 10.9. The van der Waals surface area contributed by atoms with Gasteiger partial charge in [-0.3, -0.25) is 25.7 Å². The number of hydrogen-bond acceptors (Lipinski definition) is 3. The zero-order valence-electron chi connectivity index (χ0n) is 7.08. The minimum absolute atomic E-state index is 0.122. The molecule has 1 aromatic rings. The Morgan fingerprint density at radius 2 is 2.07 bits per heavy atom. The predicted octanol–water partition coefficient (Wildman–Crippen LogP) is 1.03. The molecule has 14 heavy (non-hydrogen) atoms. The average molecular weight is 216 g/mol. The van der Waals surface area contributed by atoms with Crippen molar-refractivity contribution in [1.82, 2.24) is 0 Å². The smallest absolute Gasteiger partial charge is 0.298 e. The first-order valence-electron chi connectivity index (χ1n) is 3.58. The number of hydrogen-bond donors (Lipinski definition) is 3. The molecule has 0 saturated carbocycles. The SMILES string of the molecule is NP(N)(=O)Nc1cccc([N+](=O)[O-])c1. The van der Waals surface area contributed by atoms with Crippen LogP contribution in [0.2, 0.25) is 0 Å². The normalized spacial score (nSPS) is 11.0. The Hall–Kier alpha value is -1.43. The van der Waals surface area contributed by atoms with Crippen molar-refractivity contribution in [2.45, 2.75) is 0 Å². The van der Waals surface area contributed by atoms with Crippen molar-refractivity contribution in [3.63, 3.8) is 0 Å². The summed E-state index contributed by atoms with van der Waals surface area (Å²) in [6.45, 7) is 0. The molecule has 0 bridgehead atoms. The van der Waals surface area contributed by atoms with E-state index >= 15 is 0 Å². The molecule has 0 fully saturated rings. The highest BCUT2D eigenvalue weighted by molar-refractivity contribution is 7.60. The zero-order valence-corrected chi connectivity index (χ0v) is 7.98. The van der Waals surface area contributed by atoms with E-state index in [1.807, 2.05) is 0 Å². The van der Waals surface area contributed by atoms with Gasteiger partial charge in [0.05, 0.1) is 4.92 Å². The van der Waals surface area contributed by atoms with Crippen molar-refractivity contribution in [1.29, 1.82) is 0 Å². The van der Waals surface area contributed by atoms with Crippen molar-refractivity contribution in [2.24, 2.45) is 11.0 Å². The Morgan fingerprint density at radius 3 is 2.57 bits per heavy atom. The van der Waals surface area contributed by atoms with Gasteiger partial charge in [0.2, 0.25) is 0 Å². The predicted molar refractivity (Wildman–Crippen MR) is 52.7 cm³/mol. The summed E-state index contributed by atoms with van der Waals surface area (Å²) in [4.78, 5) is 9.80. The maximum atomic E-state index is 10.9. The molecule has 0 aliphatic rings. The lowest BCUT2D eigenvalue weighted by Crippen LogP contribution is -2.13. The molecule has 0 atom stereocenters. The molecule has 76 valence electrons. The first-order valence-corrected chi connectivity index (χ1v) is 5.43. The van der Waals surface area contributed by atoms with E-state index in [4.69, 9.17) is 11.0 Å². The van der Waals surface area contributed by atoms with Gasteiger partial charge in [-0.05, 0) is 6.07 Å². The topological polar surface area (TPSA) is 124 Å². The number of anilines is 1. The van der Waals surface area contributed by atoms with E-state index in [0.717, 1.165) is 0 Å². The second-order valence-corrected chi connectivity index (χ2v) is 4.27. The molecule has 0 aromatic heterocycles. The number of rotatable bonds is 3. The number of nitrogens with one attached hydrogen (secondary N) is 1. The summed E-state index contributed by atoms with van der Waals surface area (Å²) in [7, 11) is -3.41. The molecule has 5 N–H and O–H groups in total. The Kier molecular flexibility index (Phi) is 2.85. The molecule has 0 amide bonds. The second-order valence-electron chi connectivity index (χ2n) is 2.63. The van der Waals surface area contributed by atoms with Gasteiger partial charge >= 0.3 is 0 Å². The van der Waals surface area contributed by atoms with Gasteiger partial charge in [-0.2, -0.15) is 0 Å². The van der Waals surface area contributed by atoms with Gasteiger partial charge in [-0.25, -0.2) is 0 Å². The molecule has 0 saturated heterocycles. The van der Waals surface area contributed by atoms with E-state index in [1.165, 1.54) is 24.3 Å². The van der Waals surface area contributed by atoms with Crippen molar-refractivity contribution < 1.29 is 9.49 Å². The maximum Gasteiger partial charge on any atom is 0.298 e. The summed E-state index contributed by atoms with van der Waals surface area (Å²) >= 11 is 0. The highest BCUT2D eigenvalue weighted by atomic mass is 31.2. The summed E-state index contributed by atoms with van der Waals surface area (Å²) in [6, 6.07) is 5.44. The number of benzene rings is 1. The Bertz CT molecular complexity index is 402. The molecule has 0 unspecified atom stereocenters. The Balaban J connectivity index is 2.95. The van der Waals surface area contributed by atoms with Crippen molar-refractivity contribution >= 4 is 19.0 Å². The third-order valence-electron chi connectivity index (χ3n) is 1.36. The van der Waals surface area contributed by atoms with Gasteiger partial charge in [0.1, 0.15) is 0 Å². The molecule has 0 radical (unpaired) electrons. The van der Waals surface area contributed by atoms with E-state index in [0.29, 0.717) is 0 Å². The second kappa shape index (κ2) is 3.75. The van der Waals surface area contributed by atoms with Crippen LogP contribution in [0.3, 0.4) is 0 Å². The molecule has 1 aromatic carbocycles. The fraction of sp³-hybridized carbons (Fsp3) is 0. The highest BCUT2D eigenvalue weighted by Crippen LogP contribution is 2.28. The van der Waals surface area contributed by atoms with Gasteiger partial charge in [-0.15, -0.1) is 0 Å². The van der Waals surface area contributed by atoms with E-state index in [2.05, 4.69) is 5.09 Å². The van der Waals surface area contributed by atoms with Gasteiger partial charge in [0.25, 0.3) is 13.3 Å². The molecule has 1 rings (SSSR count). The van der Waals surface area contributed by atoms with Crippen molar-refractivity contribution in [2.75, 3.05) is 5.09 Å².